The lowest BCUT2D eigenvalue weighted by Gasteiger charge is -2.08. The van der Waals surface area contributed by atoms with Gasteiger partial charge in [-0.2, -0.15) is 4.98 Å². The second kappa shape index (κ2) is 6.13. The molecule has 0 aliphatic heterocycles. The third-order valence-electron chi connectivity index (χ3n) is 4.79. The van der Waals surface area contributed by atoms with Gasteiger partial charge in [-0.1, -0.05) is 0 Å². The van der Waals surface area contributed by atoms with E-state index < -0.39 is 5.69 Å². The van der Waals surface area contributed by atoms with Gasteiger partial charge in [0.1, 0.15) is 5.75 Å². The van der Waals surface area contributed by atoms with Gasteiger partial charge in [-0.25, -0.2) is 4.79 Å². The first kappa shape index (κ1) is 17.1. The molecule has 0 radical (unpaired) electrons. The highest BCUT2D eigenvalue weighted by Gasteiger charge is 2.20. The smallest absolute Gasteiger partial charge is 0.332 e. The van der Waals surface area contributed by atoms with E-state index in [1.807, 2.05) is 35.0 Å². The van der Waals surface area contributed by atoms with Gasteiger partial charge in [-0.15, -0.1) is 0 Å². The van der Waals surface area contributed by atoms with Crippen LogP contribution in [0.2, 0.25) is 0 Å². The van der Waals surface area contributed by atoms with Crippen molar-refractivity contribution in [1.29, 1.82) is 0 Å². The van der Waals surface area contributed by atoms with Crippen LogP contribution in [0.3, 0.4) is 0 Å². The highest BCUT2D eigenvalue weighted by Crippen LogP contribution is 2.26. The molecule has 2 N–H and O–H groups in total. The van der Waals surface area contributed by atoms with E-state index in [0.29, 0.717) is 30.0 Å². The van der Waals surface area contributed by atoms with E-state index in [2.05, 4.69) is 4.98 Å². The Morgan fingerprint density at radius 1 is 1.11 bits per heavy atom. The number of hydrogen-bond donors (Lipinski definition) is 1. The third-order valence-corrected chi connectivity index (χ3v) is 4.79. The zero-order valence-corrected chi connectivity index (χ0v) is 15.3. The Morgan fingerprint density at radius 2 is 1.81 bits per heavy atom. The Morgan fingerprint density at radius 3 is 2.44 bits per heavy atom. The molecule has 0 saturated heterocycles. The van der Waals surface area contributed by atoms with Crippen LogP contribution in [0.25, 0.3) is 28.2 Å². The van der Waals surface area contributed by atoms with Crippen molar-refractivity contribution in [2.24, 2.45) is 19.8 Å². The van der Waals surface area contributed by atoms with Crippen LogP contribution in [-0.2, 0) is 20.6 Å². The fraction of sp³-hybridized carbons (Fsp3) is 0.278. The molecule has 9 nitrogen and oxygen atoms in total. The Labute approximate surface area is 153 Å². The molecule has 0 unspecified atom stereocenters. The summed E-state index contributed by atoms with van der Waals surface area (Å²) in [7, 11) is 4.69. The second-order valence-corrected chi connectivity index (χ2v) is 6.34. The van der Waals surface area contributed by atoms with Gasteiger partial charge >= 0.3 is 5.69 Å². The van der Waals surface area contributed by atoms with Crippen molar-refractivity contribution >= 4 is 16.9 Å². The van der Waals surface area contributed by atoms with Gasteiger partial charge in [0.15, 0.2) is 11.2 Å². The SMILES string of the molecule is COc1ccc(-c2cn3c4c(=O)n(C)c(=O)n(C)c4nc3n2CCN)cc1. The number of imidazole rings is 2. The standard InChI is InChI=1S/C18H20N6O3/c1-21-15-14(16(25)22(2)18(21)26)24-10-13(23(9-8-19)17(24)20-15)11-4-6-12(27-3)7-5-11/h4-7,10H,8-9,19H2,1-3H3. The number of benzene rings is 1. The number of rotatable bonds is 4. The number of fused-ring (bicyclic) bond motifs is 3. The van der Waals surface area contributed by atoms with Crippen LogP contribution >= 0.6 is 0 Å². The fourth-order valence-electron chi connectivity index (χ4n) is 3.36. The maximum absolute atomic E-state index is 12.7. The molecule has 0 fully saturated rings. The maximum atomic E-state index is 12.7. The summed E-state index contributed by atoms with van der Waals surface area (Å²) in [5, 5.41) is 0. The zero-order valence-electron chi connectivity index (χ0n) is 15.3. The molecule has 3 aromatic heterocycles. The normalized spacial score (nSPS) is 11.6. The van der Waals surface area contributed by atoms with Crippen LogP contribution in [0, 0.1) is 0 Å². The summed E-state index contributed by atoms with van der Waals surface area (Å²) in [6.45, 7) is 0.934. The van der Waals surface area contributed by atoms with Gasteiger partial charge in [0.2, 0.25) is 5.78 Å². The molecule has 4 aromatic rings. The molecule has 4 rings (SSSR count). The van der Waals surface area contributed by atoms with E-state index in [-0.39, 0.29) is 5.56 Å². The van der Waals surface area contributed by atoms with Crippen LogP contribution in [0.1, 0.15) is 0 Å². The predicted molar refractivity (Wildman–Crippen MR) is 102 cm³/mol. The number of nitrogens with two attached hydrogens (primary N) is 1. The number of aryl methyl sites for hydroxylation is 1. The molecule has 3 heterocycles. The highest BCUT2D eigenvalue weighted by molar-refractivity contribution is 5.78. The van der Waals surface area contributed by atoms with Crippen molar-refractivity contribution in [3.63, 3.8) is 0 Å². The fourth-order valence-corrected chi connectivity index (χ4v) is 3.36. The summed E-state index contributed by atoms with van der Waals surface area (Å²) < 4.78 is 11.4. The molecule has 0 atom stereocenters. The molecular formula is C18H20N6O3. The Hall–Kier alpha value is -3.33. The maximum Gasteiger partial charge on any atom is 0.332 e. The Balaban J connectivity index is 2.08. The molecule has 9 heteroatoms. The van der Waals surface area contributed by atoms with Crippen molar-refractivity contribution in [1.82, 2.24) is 23.1 Å². The number of ether oxygens (including phenoxy) is 1. The summed E-state index contributed by atoms with van der Waals surface area (Å²) in [5.74, 6) is 1.33. The van der Waals surface area contributed by atoms with Gasteiger partial charge in [-0.05, 0) is 24.3 Å². The molecule has 0 saturated carbocycles. The Bertz CT molecular complexity index is 1270. The minimum atomic E-state index is -0.408. The van der Waals surface area contributed by atoms with Gasteiger partial charge < -0.3 is 15.0 Å². The van der Waals surface area contributed by atoms with Crippen molar-refractivity contribution in [2.75, 3.05) is 13.7 Å². The molecule has 0 aliphatic carbocycles. The molecular weight excluding hydrogens is 348 g/mol. The van der Waals surface area contributed by atoms with Crippen LogP contribution in [-0.4, -0.2) is 36.7 Å². The van der Waals surface area contributed by atoms with Crippen molar-refractivity contribution in [3.05, 3.63) is 51.3 Å². The second-order valence-electron chi connectivity index (χ2n) is 6.34. The molecule has 0 amide bonds. The van der Waals surface area contributed by atoms with Crippen LogP contribution in [0.15, 0.2) is 40.1 Å². The molecule has 140 valence electrons. The number of methoxy groups -OCH3 is 1. The predicted octanol–water partition coefficient (Wildman–Crippen LogP) is 0.321. The van der Waals surface area contributed by atoms with E-state index in [1.165, 1.54) is 11.6 Å². The number of hydrogen-bond acceptors (Lipinski definition) is 5. The minimum Gasteiger partial charge on any atom is -0.497 e. The third kappa shape index (κ3) is 2.39. The van der Waals surface area contributed by atoms with E-state index >= 15 is 0 Å². The summed E-state index contributed by atoms with van der Waals surface area (Å²) >= 11 is 0. The van der Waals surface area contributed by atoms with Crippen LogP contribution in [0.5, 0.6) is 5.75 Å². The number of nitrogens with zero attached hydrogens (tertiary/aromatic N) is 5. The summed E-state index contributed by atoms with van der Waals surface area (Å²) in [5.41, 5.74) is 7.56. The zero-order chi connectivity index (χ0) is 19.3. The van der Waals surface area contributed by atoms with E-state index in [1.54, 1.807) is 18.6 Å². The largest absolute Gasteiger partial charge is 0.497 e. The van der Waals surface area contributed by atoms with Crippen LogP contribution in [0.4, 0.5) is 0 Å². The average Bonchev–Trinajstić information content (AvgIpc) is 3.22. The molecule has 27 heavy (non-hydrogen) atoms. The summed E-state index contributed by atoms with van der Waals surface area (Å²) in [4.78, 5) is 29.5. The van der Waals surface area contributed by atoms with Gasteiger partial charge in [-0.3, -0.25) is 18.3 Å². The topological polar surface area (TPSA) is 101 Å². The van der Waals surface area contributed by atoms with Crippen molar-refractivity contribution < 1.29 is 4.74 Å². The Kier molecular flexibility index (Phi) is 3.88. The van der Waals surface area contributed by atoms with Crippen LogP contribution < -0.4 is 21.7 Å². The molecule has 0 bridgehead atoms. The quantitative estimate of drug-likeness (QED) is 0.559. The molecule has 0 aliphatic rings. The van der Waals surface area contributed by atoms with E-state index in [0.717, 1.165) is 21.6 Å². The minimum absolute atomic E-state index is 0.352. The van der Waals surface area contributed by atoms with E-state index in [4.69, 9.17) is 10.5 Å². The van der Waals surface area contributed by atoms with Gasteiger partial charge in [0, 0.05) is 38.9 Å². The molecule has 1 aromatic carbocycles. The van der Waals surface area contributed by atoms with Gasteiger partial charge in [0.25, 0.3) is 5.56 Å². The van der Waals surface area contributed by atoms with Crippen molar-refractivity contribution in [3.8, 4) is 17.0 Å². The summed E-state index contributed by atoms with van der Waals surface area (Å²) in [6, 6.07) is 7.63. The van der Waals surface area contributed by atoms with E-state index in [9.17, 15) is 9.59 Å². The highest BCUT2D eigenvalue weighted by atomic mass is 16.5. The molecule has 0 spiro atoms. The van der Waals surface area contributed by atoms with Gasteiger partial charge in [0.05, 0.1) is 12.8 Å². The first-order valence-corrected chi connectivity index (χ1v) is 8.49. The first-order chi connectivity index (χ1) is 13.0. The number of aromatic nitrogens is 5. The average molecular weight is 368 g/mol. The monoisotopic (exact) mass is 368 g/mol. The lowest BCUT2D eigenvalue weighted by Crippen LogP contribution is -2.37. The first-order valence-electron chi connectivity index (χ1n) is 8.49. The lowest BCUT2D eigenvalue weighted by molar-refractivity contribution is 0.415. The summed E-state index contributed by atoms with van der Waals surface area (Å²) in [6.07, 6.45) is 1.86. The van der Waals surface area contributed by atoms with Crippen molar-refractivity contribution in [2.45, 2.75) is 6.54 Å². The lowest BCUT2D eigenvalue weighted by atomic mass is 10.1.